The van der Waals surface area contributed by atoms with Crippen molar-refractivity contribution in [1.29, 1.82) is 0 Å². The van der Waals surface area contributed by atoms with Gasteiger partial charge in [-0.15, -0.1) is 0 Å². The summed E-state index contributed by atoms with van der Waals surface area (Å²) >= 11 is 6.00. The summed E-state index contributed by atoms with van der Waals surface area (Å²) in [5, 5.41) is 21.3. The first-order valence-electron chi connectivity index (χ1n) is 6.42. The lowest BCUT2D eigenvalue weighted by molar-refractivity contribution is -0.385. The highest BCUT2D eigenvalue weighted by atomic mass is 35.5. The number of pyridine rings is 1. The molecule has 0 atom stereocenters. The first kappa shape index (κ1) is 14.7. The highest BCUT2D eigenvalue weighted by Gasteiger charge is 2.44. The molecule has 2 aromatic rings. The van der Waals surface area contributed by atoms with E-state index < -0.39 is 10.5 Å². The maximum Gasteiger partial charge on any atom is 0.289 e. The third kappa shape index (κ3) is 2.49. The highest BCUT2D eigenvalue weighted by molar-refractivity contribution is 6.33. The van der Waals surface area contributed by atoms with Gasteiger partial charge in [0.05, 0.1) is 23.0 Å². The lowest BCUT2D eigenvalue weighted by Gasteiger charge is -2.47. The van der Waals surface area contributed by atoms with Crippen LogP contribution in [0.1, 0.15) is 5.56 Å². The maximum absolute atomic E-state index is 12.9. The normalized spacial score (nSPS) is 16.2. The molecule has 8 heteroatoms. The molecule has 0 radical (unpaired) electrons. The van der Waals surface area contributed by atoms with Crippen molar-refractivity contribution in [3.05, 3.63) is 63.0 Å². The summed E-state index contributed by atoms with van der Waals surface area (Å²) in [7, 11) is 0. The molecule has 114 valence electrons. The molecule has 2 heterocycles. The van der Waals surface area contributed by atoms with E-state index in [2.05, 4.69) is 4.98 Å². The number of rotatable bonds is 3. The molecule has 1 saturated heterocycles. The monoisotopic (exact) mass is 323 g/mol. The molecule has 0 aliphatic carbocycles. The average Bonchev–Trinajstić information content (AvgIpc) is 2.45. The number of hydrogen-bond donors (Lipinski definition) is 1. The minimum Gasteiger partial charge on any atom is -0.381 e. The number of halogens is 2. The summed E-state index contributed by atoms with van der Waals surface area (Å²) in [5.74, 6) is 0.00247. The standard InChI is InChI=1S/C14H11ClFN3O3/c15-12-5-11(19(21)22)6-17-13(12)18-7-14(20,8-18)9-1-3-10(16)4-2-9/h1-6,20H,7-8H2. The van der Waals surface area contributed by atoms with Gasteiger partial charge in [0.15, 0.2) is 0 Å². The predicted molar refractivity (Wildman–Crippen MR) is 78.4 cm³/mol. The molecule has 1 aromatic carbocycles. The van der Waals surface area contributed by atoms with E-state index in [0.29, 0.717) is 11.4 Å². The second kappa shape index (κ2) is 5.19. The van der Waals surface area contributed by atoms with E-state index >= 15 is 0 Å². The summed E-state index contributed by atoms with van der Waals surface area (Å²) in [6, 6.07) is 6.84. The molecule has 1 aliphatic heterocycles. The summed E-state index contributed by atoms with van der Waals surface area (Å²) in [4.78, 5) is 15.8. The van der Waals surface area contributed by atoms with Crippen LogP contribution in [-0.2, 0) is 5.60 Å². The highest BCUT2D eigenvalue weighted by Crippen LogP contribution is 2.38. The van der Waals surface area contributed by atoms with Crippen molar-refractivity contribution < 1.29 is 14.4 Å². The molecular formula is C14H11ClFN3O3. The van der Waals surface area contributed by atoms with E-state index in [1.54, 1.807) is 4.90 Å². The van der Waals surface area contributed by atoms with Gasteiger partial charge in [0, 0.05) is 6.07 Å². The number of nitrogens with zero attached hydrogens (tertiary/aromatic N) is 3. The minimum atomic E-state index is -1.11. The van der Waals surface area contributed by atoms with Gasteiger partial charge in [-0.2, -0.15) is 0 Å². The van der Waals surface area contributed by atoms with E-state index in [4.69, 9.17) is 11.6 Å². The number of aromatic nitrogens is 1. The molecule has 22 heavy (non-hydrogen) atoms. The number of anilines is 1. The minimum absolute atomic E-state index is 0.148. The quantitative estimate of drug-likeness (QED) is 0.693. The summed E-state index contributed by atoms with van der Waals surface area (Å²) < 4.78 is 12.9. The molecule has 1 aromatic heterocycles. The molecule has 1 fully saturated rings. The average molecular weight is 324 g/mol. The SMILES string of the molecule is O=[N+]([O-])c1cnc(N2CC(O)(c3ccc(F)cc3)C2)c(Cl)c1. The molecule has 1 aliphatic rings. The van der Waals surface area contributed by atoms with E-state index in [-0.39, 0.29) is 29.6 Å². The van der Waals surface area contributed by atoms with Crippen molar-refractivity contribution >= 4 is 23.1 Å². The lowest BCUT2D eigenvalue weighted by Crippen LogP contribution is -2.60. The summed E-state index contributed by atoms with van der Waals surface area (Å²) in [5.41, 5.74) is -0.702. The third-order valence-electron chi connectivity index (χ3n) is 3.60. The molecule has 0 spiro atoms. The second-order valence-corrected chi connectivity index (χ2v) is 5.56. The Morgan fingerprint density at radius 3 is 2.55 bits per heavy atom. The van der Waals surface area contributed by atoms with Crippen molar-refractivity contribution in [3.8, 4) is 0 Å². The largest absolute Gasteiger partial charge is 0.381 e. The number of benzene rings is 1. The fourth-order valence-electron chi connectivity index (χ4n) is 2.43. The van der Waals surface area contributed by atoms with Crippen molar-refractivity contribution in [2.45, 2.75) is 5.60 Å². The Bertz CT molecular complexity index is 733. The first-order valence-corrected chi connectivity index (χ1v) is 6.80. The number of aliphatic hydroxyl groups is 1. The zero-order chi connectivity index (χ0) is 15.9. The zero-order valence-electron chi connectivity index (χ0n) is 11.2. The van der Waals surface area contributed by atoms with Gasteiger partial charge >= 0.3 is 0 Å². The Balaban J connectivity index is 1.78. The molecule has 0 bridgehead atoms. The Morgan fingerprint density at radius 1 is 1.36 bits per heavy atom. The lowest BCUT2D eigenvalue weighted by atomic mass is 9.86. The smallest absolute Gasteiger partial charge is 0.289 e. The zero-order valence-corrected chi connectivity index (χ0v) is 12.0. The predicted octanol–water partition coefficient (Wildman–Crippen LogP) is 2.49. The fourth-order valence-corrected chi connectivity index (χ4v) is 2.71. The van der Waals surface area contributed by atoms with Crippen molar-refractivity contribution in [2.75, 3.05) is 18.0 Å². The Morgan fingerprint density at radius 2 is 2.00 bits per heavy atom. The van der Waals surface area contributed by atoms with Gasteiger partial charge in [0.2, 0.25) is 0 Å². The van der Waals surface area contributed by atoms with Gasteiger partial charge in [-0.25, -0.2) is 9.37 Å². The Labute approximate surface area is 129 Å². The van der Waals surface area contributed by atoms with E-state index in [1.165, 1.54) is 30.3 Å². The molecule has 6 nitrogen and oxygen atoms in total. The molecule has 0 unspecified atom stereocenters. The van der Waals surface area contributed by atoms with Crippen LogP contribution in [-0.4, -0.2) is 28.1 Å². The van der Waals surface area contributed by atoms with Crippen LogP contribution >= 0.6 is 11.6 Å². The molecular weight excluding hydrogens is 313 g/mol. The topological polar surface area (TPSA) is 79.5 Å². The van der Waals surface area contributed by atoms with E-state index in [0.717, 1.165) is 6.20 Å². The second-order valence-electron chi connectivity index (χ2n) is 5.15. The third-order valence-corrected chi connectivity index (χ3v) is 3.88. The van der Waals surface area contributed by atoms with Crippen LogP contribution in [0.25, 0.3) is 0 Å². The summed E-state index contributed by atoms with van der Waals surface area (Å²) in [6.07, 6.45) is 1.12. The summed E-state index contributed by atoms with van der Waals surface area (Å²) in [6.45, 7) is 0.451. The number of nitro groups is 1. The maximum atomic E-state index is 12.9. The van der Waals surface area contributed by atoms with Gasteiger partial charge < -0.3 is 10.0 Å². The number of hydrogen-bond acceptors (Lipinski definition) is 5. The molecule has 1 N–H and O–H groups in total. The van der Waals surface area contributed by atoms with Gasteiger partial charge in [0.25, 0.3) is 5.69 Å². The Hall–Kier alpha value is -2.25. The van der Waals surface area contributed by atoms with Crippen molar-refractivity contribution in [2.24, 2.45) is 0 Å². The molecule has 0 amide bonds. The van der Waals surface area contributed by atoms with E-state index in [1.807, 2.05) is 0 Å². The van der Waals surface area contributed by atoms with Gasteiger partial charge in [-0.3, -0.25) is 10.1 Å². The van der Waals surface area contributed by atoms with Crippen LogP contribution in [0.2, 0.25) is 5.02 Å². The van der Waals surface area contributed by atoms with Crippen LogP contribution in [0.15, 0.2) is 36.5 Å². The van der Waals surface area contributed by atoms with Crippen LogP contribution in [0.4, 0.5) is 15.9 Å². The van der Waals surface area contributed by atoms with E-state index in [9.17, 15) is 19.6 Å². The van der Waals surface area contributed by atoms with Crippen molar-refractivity contribution in [3.63, 3.8) is 0 Å². The van der Waals surface area contributed by atoms with Gasteiger partial charge in [-0.1, -0.05) is 23.7 Å². The van der Waals surface area contributed by atoms with Crippen molar-refractivity contribution in [1.82, 2.24) is 4.98 Å². The van der Waals surface area contributed by atoms with Crippen LogP contribution < -0.4 is 4.90 Å². The van der Waals surface area contributed by atoms with Crippen LogP contribution in [0.5, 0.6) is 0 Å². The Kier molecular flexibility index (Phi) is 3.46. The molecule has 3 rings (SSSR count). The van der Waals surface area contributed by atoms with Crippen LogP contribution in [0.3, 0.4) is 0 Å². The van der Waals surface area contributed by atoms with Crippen LogP contribution in [0, 0.1) is 15.9 Å². The first-order chi connectivity index (χ1) is 10.4. The fraction of sp³-hybridized carbons (Fsp3) is 0.214. The molecule has 0 saturated carbocycles. The number of β-amino-alcohol motifs (C(OH)–C–C–N with tert-alkyl or cyclic N) is 1. The van der Waals surface area contributed by atoms with Gasteiger partial charge in [0.1, 0.15) is 23.4 Å². The van der Waals surface area contributed by atoms with Gasteiger partial charge in [-0.05, 0) is 17.7 Å².